The van der Waals surface area contributed by atoms with Crippen molar-refractivity contribution in [2.24, 2.45) is 0 Å². The smallest absolute Gasteiger partial charge is 0.325 e. The molecule has 3 N–H and O–H groups in total. The molecule has 2 atom stereocenters. The van der Waals surface area contributed by atoms with Gasteiger partial charge in [-0.05, 0) is 71.6 Å². The van der Waals surface area contributed by atoms with Crippen LogP contribution in [-0.4, -0.2) is 30.0 Å². The quantitative estimate of drug-likeness (QED) is 0.286. The number of sulfonamides is 1. The van der Waals surface area contributed by atoms with Crippen molar-refractivity contribution in [3.05, 3.63) is 108 Å². The minimum Gasteiger partial charge on any atom is -0.480 e. The first-order chi connectivity index (χ1) is 17.3. The van der Waals surface area contributed by atoms with Crippen LogP contribution in [0.3, 0.4) is 0 Å². The molecule has 2 unspecified atom stereocenters. The van der Waals surface area contributed by atoms with Crippen LogP contribution < -0.4 is 10.0 Å². The van der Waals surface area contributed by atoms with E-state index in [4.69, 9.17) is 11.6 Å². The molecule has 36 heavy (non-hydrogen) atoms. The molecule has 0 saturated heterocycles. The van der Waals surface area contributed by atoms with Crippen LogP contribution in [0.5, 0.6) is 0 Å². The lowest BCUT2D eigenvalue weighted by molar-refractivity contribution is -0.140. The number of benzene rings is 3. The van der Waals surface area contributed by atoms with E-state index in [1.54, 1.807) is 42.6 Å². The standard InChI is InChI=1S/C27H22ClN3O4S/c28-21-11-7-18(8-12-21)19-9-13-23(14-10-19)36(34,35)31-27(26(32)33)17-24(27)20-4-3-5-22(16-20)30-25-6-1-2-15-29-25/h1-16,24,31H,17H2,(H,29,30)(H,32,33). The van der Waals surface area contributed by atoms with Gasteiger partial charge in [-0.15, -0.1) is 0 Å². The van der Waals surface area contributed by atoms with Crippen molar-refractivity contribution in [1.82, 2.24) is 9.71 Å². The Bertz CT molecular complexity index is 1510. The largest absolute Gasteiger partial charge is 0.480 e. The zero-order valence-electron chi connectivity index (χ0n) is 18.9. The van der Waals surface area contributed by atoms with E-state index >= 15 is 0 Å². The number of hydrogen-bond donors (Lipinski definition) is 3. The van der Waals surface area contributed by atoms with Crippen LogP contribution in [0.15, 0.2) is 102 Å². The fraction of sp³-hybridized carbons (Fsp3) is 0.111. The highest BCUT2D eigenvalue weighted by Gasteiger charge is 2.63. The first-order valence-corrected chi connectivity index (χ1v) is 13.0. The van der Waals surface area contributed by atoms with E-state index in [0.717, 1.165) is 22.4 Å². The summed E-state index contributed by atoms with van der Waals surface area (Å²) in [6.07, 6.45) is 1.82. The number of aliphatic carboxylic acids is 1. The van der Waals surface area contributed by atoms with Gasteiger partial charge in [0.1, 0.15) is 11.4 Å². The fourth-order valence-electron chi connectivity index (χ4n) is 4.24. The molecular weight excluding hydrogens is 498 g/mol. The molecule has 0 amide bonds. The Morgan fingerprint density at radius 3 is 2.28 bits per heavy atom. The van der Waals surface area contributed by atoms with E-state index in [2.05, 4.69) is 15.0 Å². The van der Waals surface area contributed by atoms with Crippen molar-refractivity contribution in [2.45, 2.75) is 22.8 Å². The molecule has 0 bridgehead atoms. The maximum Gasteiger partial charge on any atom is 0.325 e. The number of nitrogens with zero attached hydrogens (tertiary/aromatic N) is 1. The van der Waals surface area contributed by atoms with E-state index in [0.29, 0.717) is 10.8 Å². The number of carbonyl (C=O) groups is 1. The maximum absolute atomic E-state index is 13.2. The second kappa shape index (κ2) is 9.39. The lowest BCUT2D eigenvalue weighted by Gasteiger charge is -2.16. The Morgan fingerprint density at radius 2 is 1.64 bits per heavy atom. The predicted molar refractivity (Wildman–Crippen MR) is 139 cm³/mol. The number of pyridine rings is 1. The zero-order chi connectivity index (χ0) is 25.3. The summed E-state index contributed by atoms with van der Waals surface area (Å²) in [6.45, 7) is 0. The van der Waals surface area contributed by atoms with Crippen LogP contribution >= 0.6 is 11.6 Å². The van der Waals surface area contributed by atoms with Crippen molar-refractivity contribution in [1.29, 1.82) is 0 Å². The number of carboxylic acid groups (broad SMARTS) is 1. The summed E-state index contributed by atoms with van der Waals surface area (Å²) in [5.74, 6) is -1.07. The molecule has 7 nitrogen and oxygen atoms in total. The van der Waals surface area contributed by atoms with Crippen LogP contribution in [0.1, 0.15) is 17.9 Å². The highest BCUT2D eigenvalue weighted by atomic mass is 35.5. The van der Waals surface area contributed by atoms with Crippen LogP contribution in [0.2, 0.25) is 5.02 Å². The number of nitrogens with one attached hydrogen (secondary N) is 2. The number of aromatic nitrogens is 1. The summed E-state index contributed by atoms with van der Waals surface area (Å²) in [4.78, 5) is 16.5. The van der Waals surface area contributed by atoms with Gasteiger partial charge in [-0.3, -0.25) is 4.79 Å². The van der Waals surface area contributed by atoms with E-state index in [9.17, 15) is 18.3 Å². The Labute approximate surface area is 213 Å². The number of halogens is 1. The number of anilines is 2. The average molecular weight is 520 g/mol. The average Bonchev–Trinajstić information content (AvgIpc) is 3.60. The molecule has 1 heterocycles. The highest BCUT2D eigenvalue weighted by Crippen LogP contribution is 2.52. The molecule has 0 spiro atoms. The van der Waals surface area contributed by atoms with Gasteiger partial charge in [-0.25, -0.2) is 13.4 Å². The normalized spacial score (nSPS) is 19.0. The van der Waals surface area contributed by atoms with E-state index < -0.39 is 27.4 Å². The molecule has 1 aliphatic rings. The number of carboxylic acids is 1. The minimum absolute atomic E-state index is 0.00272. The zero-order valence-corrected chi connectivity index (χ0v) is 20.5. The Morgan fingerprint density at radius 1 is 0.944 bits per heavy atom. The summed E-state index contributed by atoms with van der Waals surface area (Å²) >= 11 is 5.94. The minimum atomic E-state index is -4.08. The molecule has 3 aromatic carbocycles. The van der Waals surface area contributed by atoms with Crippen LogP contribution in [0, 0.1) is 0 Å². The van der Waals surface area contributed by atoms with Gasteiger partial charge in [0, 0.05) is 22.8 Å². The van der Waals surface area contributed by atoms with Gasteiger partial charge in [0.2, 0.25) is 10.0 Å². The molecule has 4 aromatic rings. The van der Waals surface area contributed by atoms with Crippen LogP contribution in [0.25, 0.3) is 11.1 Å². The summed E-state index contributed by atoms with van der Waals surface area (Å²) in [5, 5.41) is 13.8. The van der Waals surface area contributed by atoms with Crippen molar-refractivity contribution in [3.63, 3.8) is 0 Å². The topological polar surface area (TPSA) is 108 Å². The second-order valence-electron chi connectivity index (χ2n) is 8.64. The first-order valence-electron chi connectivity index (χ1n) is 11.2. The van der Waals surface area contributed by atoms with Gasteiger partial charge >= 0.3 is 5.97 Å². The molecule has 5 rings (SSSR count). The Kier molecular flexibility index (Phi) is 6.26. The third kappa shape index (κ3) is 4.83. The molecule has 1 aliphatic carbocycles. The third-order valence-electron chi connectivity index (χ3n) is 6.23. The summed E-state index contributed by atoms with van der Waals surface area (Å²) < 4.78 is 28.8. The highest BCUT2D eigenvalue weighted by molar-refractivity contribution is 7.89. The monoisotopic (exact) mass is 519 g/mol. The van der Waals surface area contributed by atoms with Crippen molar-refractivity contribution < 1.29 is 18.3 Å². The van der Waals surface area contributed by atoms with E-state index in [1.807, 2.05) is 42.5 Å². The molecule has 1 aromatic heterocycles. The summed E-state index contributed by atoms with van der Waals surface area (Å²) in [7, 11) is -4.08. The molecule has 0 aliphatic heterocycles. The third-order valence-corrected chi connectivity index (χ3v) is 8.01. The molecule has 182 valence electrons. The fourth-order valence-corrected chi connectivity index (χ4v) is 5.77. The van der Waals surface area contributed by atoms with Gasteiger partial charge in [-0.1, -0.05) is 54.1 Å². The van der Waals surface area contributed by atoms with Crippen LogP contribution in [0.4, 0.5) is 11.5 Å². The van der Waals surface area contributed by atoms with E-state index in [1.165, 1.54) is 12.1 Å². The number of hydrogen-bond acceptors (Lipinski definition) is 5. The maximum atomic E-state index is 13.2. The summed E-state index contributed by atoms with van der Waals surface area (Å²) in [6, 6.07) is 26.2. The molecule has 1 fully saturated rings. The van der Waals surface area contributed by atoms with Gasteiger partial charge in [0.05, 0.1) is 4.90 Å². The van der Waals surface area contributed by atoms with Gasteiger partial charge in [-0.2, -0.15) is 4.72 Å². The Balaban J connectivity index is 1.36. The van der Waals surface area contributed by atoms with Gasteiger partial charge in [0.25, 0.3) is 0 Å². The molecule has 9 heteroatoms. The molecule has 1 saturated carbocycles. The van der Waals surface area contributed by atoms with Crippen molar-refractivity contribution in [2.75, 3.05) is 5.32 Å². The van der Waals surface area contributed by atoms with Crippen LogP contribution in [-0.2, 0) is 14.8 Å². The molecular formula is C27H22ClN3O4S. The van der Waals surface area contributed by atoms with Gasteiger partial charge < -0.3 is 10.4 Å². The van der Waals surface area contributed by atoms with Gasteiger partial charge in [0.15, 0.2) is 0 Å². The van der Waals surface area contributed by atoms with E-state index in [-0.39, 0.29) is 11.3 Å². The lowest BCUT2D eigenvalue weighted by Crippen LogP contribution is -2.44. The lowest BCUT2D eigenvalue weighted by atomic mass is 10.1. The SMILES string of the molecule is O=C(O)C1(NS(=O)(=O)c2ccc(-c3ccc(Cl)cc3)cc2)CC1c1cccc(Nc2ccccn2)c1. The number of rotatable bonds is 8. The van der Waals surface area contributed by atoms with Crippen molar-refractivity contribution in [3.8, 4) is 11.1 Å². The predicted octanol–water partition coefficient (Wildman–Crippen LogP) is 5.43. The Hall–Kier alpha value is -3.72. The summed E-state index contributed by atoms with van der Waals surface area (Å²) in [5.41, 5.74) is 1.55. The van der Waals surface area contributed by atoms with Crippen molar-refractivity contribution >= 4 is 39.1 Å². The molecule has 0 radical (unpaired) electrons. The first kappa shape index (κ1) is 24.0. The second-order valence-corrected chi connectivity index (χ2v) is 10.8.